The molecule has 3 atom stereocenters. The Morgan fingerprint density at radius 3 is 2.88 bits per heavy atom. The fourth-order valence-corrected chi connectivity index (χ4v) is 3.76. The zero-order chi connectivity index (χ0) is 12.7. The van der Waals surface area contributed by atoms with Crippen LogP contribution in [0.3, 0.4) is 0 Å². The van der Waals surface area contributed by atoms with Crippen LogP contribution in [-0.2, 0) is 9.53 Å². The molecule has 1 aliphatic carbocycles. The van der Waals surface area contributed by atoms with Crippen molar-refractivity contribution < 1.29 is 9.53 Å². The number of carbonyl (C=O) groups is 1. The molecule has 0 aliphatic heterocycles. The lowest BCUT2D eigenvalue weighted by atomic mass is 10.1. The predicted molar refractivity (Wildman–Crippen MR) is 73.4 cm³/mol. The van der Waals surface area contributed by atoms with E-state index in [1.54, 1.807) is 0 Å². The number of carbonyl (C=O) groups excluding carboxylic acids is 1. The standard InChI is InChI=1S/C13H25NO2S/c1-4-8-14-11-5-6-12(10(11)2)17-9-7-13(15)16-3/h10-12,14H,4-9H2,1-3H3. The van der Waals surface area contributed by atoms with Gasteiger partial charge in [0.15, 0.2) is 0 Å². The molecule has 3 unspecified atom stereocenters. The lowest BCUT2D eigenvalue weighted by molar-refractivity contribution is -0.140. The zero-order valence-electron chi connectivity index (χ0n) is 11.2. The Morgan fingerprint density at radius 1 is 1.47 bits per heavy atom. The van der Waals surface area contributed by atoms with E-state index in [4.69, 9.17) is 0 Å². The summed E-state index contributed by atoms with van der Waals surface area (Å²) in [4.78, 5) is 11.0. The predicted octanol–water partition coefficient (Wildman–Crippen LogP) is 2.45. The minimum absolute atomic E-state index is 0.0937. The van der Waals surface area contributed by atoms with Crippen LogP contribution in [0.4, 0.5) is 0 Å². The number of esters is 1. The van der Waals surface area contributed by atoms with Gasteiger partial charge in [-0.2, -0.15) is 11.8 Å². The highest BCUT2D eigenvalue weighted by Gasteiger charge is 2.32. The number of hydrogen-bond donors (Lipinski definition) is 1. The van der Waals surface area contributed by atoms with E-state index in [9.17, 15) is 4.79 Å². The van der Waals surface area contributed by atoms with Crippen molar-refractivity contribution in [3.63, 3.8) is 0 Å². The molecule has 0 bridgehead atoms. The quantitative estimate of drug-likeness (QED) is 0.713. The Kier molecular flexibility index (Phi) is 6.97. The molecular weight excluding hydrogens is 234 g/mol. The van der Waals surface area contributed by atoms with Gasteiger partial charge in [-0.15, -0.1) is 0 Å². The Morgan fingerprint density at radius 2 is 2.24 bits per heavy atom. The molecule has 4 heteroatoms. The van der Waals surface area contributed by atoms with Crippen molar-refractivity contribution in [1.82, 2.24) is 5.32 Å². The lowest BCUT2D eigenvalue weighted by Gasteiger charge is -2.21. The molecule has 0 heterocycles. The summed E-state index contributed by atoms with van der Waals surface area (Å²) in [7, 11) is 1.45. The normalized spacial score (nSPS) is 28.3. The molecule has 0 aromatic rings. The summed E-state index contributed by atoms with van der Waals surface area (Å²) in [6.07, 6.45) is 4.28. The second-order valence-corrected chi connectivity index (χ2v) is 6.08. The second kappa shape index (κ2) is 7.98. The molecule has 1 aliphatic rings. The van der Waals surface area contributed by atoms with Crippen LogP contribution in [0.5, 0.6) is 0 Å². The Balaban J connectivity index is 2.20. The number of ether oxygens (including phenoxy) is 1. The largest absolute Gasteiger partial charge is 0.469 e. The van der Waals surface area contributed by atoms with E-state index in [0.717, 1.165) is 12.3 Å². The molecule has 17 heavy (non-hydrogen) atoms. The third-order valence-electron chi connectivity index (χ3n) is 3.51. The summed E-state index contributed by atoms with van der Waals surface area (Å²) in [5, 5.41) is 4.32. The molecule has 0 saturated heterocycles. The van der Waals surface area contributed by atoms with Gasteiger partial charge < -0.3 is 10.1 Å². The van der Waals surface area contributed by atoms with Crippen LogP contribution < -0.4 is 5.32 Å². The Hall–Kier alpha value is -0.220. The lowest BCUT2D eigenvalue weighted by Crippen LogP contribution is -2.33. The molecule has 0 spiro atoms. The average molecular weight is 259 g/mol. The van der Waals surface area contributed by atoms with Crippen molar-refractivity contribution in [3.05, 3.63) is 0 Å². The van der Waals surface area contributed by atoms with E-state index < -0.39 is 0 Å². The van der Waals surface area contributed by atoms with Gasteiger partial charge in [0.05, 0.1) is 13.5 Å². The fourth-order valence-electron chi connectivity index (χ4n) is 2.38. The van der Waals surface area contributed by atoms with Gasteiger partial charge in [0.1, 0.15) is 0 Å². The van der Waals surface area contributed by atoms with Crippen LogP contribution in [0.25, 0.3) is 0 Å². The molecule has 1 saturated carbocycles. The monoisotopic (exact) mass is 259 g/mol. The first-order valence-corrected chi connectivity index (χ1v) is 7.65. The van der Waals surface area contributed by atoms with Gasteiger partial charge in [-0.25, -0.2) is 0 Å². The first kappa shape index (κ1) is 14.8. The van der Waals surface area contributed by atoms with Crippen LogP contribution >= 0.6 is 11.8 Å². The van der Waals surface area contributed by atoms with E-state index in [1.807, 2.05) is 11.8 Å². The van der Waals surface area contributed by atoms with Gasteiger partial charge in [0.25, 0.3) is 0 Å². The molecule has 1 N–H and O–H groups in total. The maximum atomic E-state index is 11.0. The highest BCUT2D eigenvalue weighted by Crippen LogP contribution is 2.35. The van der Waals surface area contributed by atoms with Crippen molar-refractivity contribution in [1.29, 1.82) is 0 Å². The number of hydrogen-bond acceptors (Lipinski definition) is 4. The van der Waals surface area contributed by atoms with Crippen molar-refractivity contribution in [3.8, 4) is 0 Å². The second-order valence-electron chi connectivity index (χ2n) is 4.73. The van der Waals surface area contributed by atoms with Crippen molar-refractivity contribution in [2.45, 2.75) is 50.8 Å². The van der Waals surface area contributed by atoms with E-state index in [0.29, 0.717) is 23.6 Å². The van der Waals surface area contributed by atoms with Gasteiger partial charge in [-0.1, -0.05) is 13.8 Å². The van der Waals surface area contributed by atoms with Gasteiger partial charge in [-0.3, -0.25) is 4.79 Å². The maximum absolute atomic E-state index is 11.0. The van der Waals surface area contributed by atoms with Crippen molar-refractivity contribution in [2.75, 3.05) is 19.4 Å². The van der Waals surface area contributed by atoms with Crippen molar-refractivity contribution >= 4 is 17.7 Å². The van der Waals surface area contributed by atoms with Gasteiger partial charge in [0, 0.05) is 17.0 Å². The van der Waals surface area contributed by atoms with Crippen LogP contribution in [-0.4, -0.2) is 36.7 Å². The molecule has 1 fully saturated rings. The van der Waals surface area contributed by atoms with Gasteiger partial charge >= 0.3 is 5.97 Å². The summed E-state index contributed by atoms with van der Waals surface area (Å²) < 4.78 is 4.65. The van der Waals surface area contributed by atoms with E-state index >= 15 is 0 Å². The molecule has 100 valence electrons. The van der Waals surface area contributed by atoms with Crippen LogP contribution in [0.1, 0.15) is 39.5 Å². The summed E-state index contributed by atoms with van der Waals surface area (Å²) in [5.74, 6) is 1.51. The van der Waals surface area contributed by atoms with Crippen LogP contribution in [0, 0.1) is 5.92 Å². The highest BCUT2D eigenvalue weighted by molar-refractivity contribution is 7.99. The maximum Gasteiger partial charge on any atom is 0.306 e. The zero-order valence-corrected chi connectivity index (χ0v) is 12.0. The molecule has 3 nitrogen and oxygen atoms in total. The van der Waals surface area contributed by atoms with Crippen LogP contribution in [0.15, 0.2) is 0 Å². The third-order valence-corrected chi connectivity index (χ3v) is 5.04. The van der Waals surface area contributed by atoms with E-state index in [-0.39, 0.29) is 5.97 Å². The minimum Gasteiger partial charge on any atom is -0.469 e. The number of thioether (sulfide) groups is 1. The molecule has 1 rings (SSSR count). The fraction of sp³-hybridized carbons (Fsp3) is 0.923. The number of methoxy groups -OCH3 is 1. The average Bonchev–Trinajstić information content (AvgIpc) is 2.68. The smallest absolute Gasteiger partial charge is 0.306 e. The molecule has 0 amide bonds. The molecule has 0 radical (unpaired) electrons. The summed E-state index contributed by atoms with van der Waals surface area (Å²) in [6, 6.07) is 0.672. The third kappa shape index (κ3) is 4.88. The molecule has 0 aromatic heterocycles. The SMILES string of the molecule is CCCNC1CCC(SCCC(=O)OC)C1C. The Labute approximate surface area is 109 Å². The first-order valence-electron chi connectivity index (χ1n) is 6.60. The summed E-state index contributed by atoms with van der Waals surface area (Å²) in [5.41, 5.74) is 0. The van der Waals surface area contributed by atoms with Crippen LogP contribution in [0.2, 0.25) is 0 Å². The molecule has 0 aromatic carbocycles. The highest BCUT2D eigenvalue weighted by atomic mass is 32.2. The number of nitrogens with one attached hydrogen (secondary N) is 1. The number of rotatable bonds is 7. The van der Waals surface area contributed by atoms with E-state index in [1.165, 1.54) is 26.4 Å². The van der Waals surface area contributed by atoms with Gasteiger partial charge in [-0.05, 0) is 31.7 Å². The summed E-state index contributed by atoms with van der Waals surface area (Å²) in [6.45, 7) is 5.65. The molecular formula is C13H25NO2S. The van der Waals surface area contributed by atoms with Crippen molar-refractivity contribution in [2.24, 2.45) is 5.92 Å². The minimum atomic E-state index is -0.0937. The summed E-state index contributed by atoms with van der Waals surface area (Å²) >= 11 is 1.93. The van der Waals surface area contributed by atoms with Gasteiger partial charge in [0.2, 0.25) is 0 Å². The first-order chi connectivity index (χ1) is 8.19. The Bertz CT molecular complexity index is 235. The van der Waals surface area contributed by atoms with E-state index in [2.05, 4.69) is 23.9 Å². The topological polar surface area (TPSA) is 38.3 Å².